The molecule has 0 spiro atoms. The molecule has 1 aromatic heterocycles. The van der Waals surface area contributed by atoms with Gasteiger partial charge in [0, 0.05) is 17.8 Å². The molecule has 0 saturated carbocycles. The lowest BCUT2D eigenvalue weighted by atomic mass is 9.99. The molecule has 22 heavy (non-hydrogen) atoms. The summed E-state index contributed by atoms with van der Waals surface area (Å²) in [6, 6.07) is 10.4. The normalized spacial score (nSPS) is 12.5. The molecule has 0 aliphatic carbocycles. The first-order chi connectivity index (χ1) is 10.7. The molecule has 0 saturated heterocycles. The van der Waals surface area contributed by atoms with Crippen LogP contribution in [0.3, 0.4) is 0 Å². The van der Waals surface area contributed by atoms with Gasteiger partial charge < -0.3 is 9.88 Å². The number of amides is 1. The van der Waals surface area contributed by atoms with Gasteiger partial charge in [-0.05, 0) is 36.8 Å². The van der Waals surface area contributed by atoms with Crippen LogP contribution in [0.15, 0.2) is 30.3 Å². The number of nitrogens with one attached hydrogen (secondary N) is 1. The first kappa shape index (κ1) is 16.6. The average Bonchev–Trinajstić information content (AvgIpc) is 2.83. The molecule has 0 aliphatic heterocycles. The van der Waals surface area contributed by atoms with Crippen molar-refractivity contribution in [1.29, 1.82) is 0 Å². The van der Waals surface area contributed by atoms with Gasteiger partial charge in [0.15, 0.2) is 0 Å². The number of unbranched alkanes of at least 4 members (excludes halogenated alkanes) is 1. The van der Waals surface area contributed by atoms with Crippen molar-refractivity contribution < 1.29 is 4.79 Å². The van der Waals surface area contributed by atoms with Gasteiger partial charge in [0.25, 0.3) is 0 Å². The monoisotopic (exact) mass is 300 g/mol. The number of para-hydroxylation sites is 1. The van der Waals surface area contributed by atoms with E-state index in [9.17, 15) is 4.79 Å². The number of aryl methyl sites for hydroxylation is 1. The van der Waals surface area contributed by atoms with E-state index >= 15 is 0 Å². The molecule has 0 fully saturated rings. The van der Waals surface area contributed by atoms with Crippen molar-refractivity contribution in [3.8, 4) is 0 Å². The molecule has 2 rings (SSSR count). The second-order valence-corrected chi connectivity index (χ2v) is 6.15. The molecular formula is C19H28N2O. The summed E-state index contributed by atoms with van der Waals surface area (Å²) in [7, 11) is 0. The highest BCUT2D eigenvalue weighted by Gasteiger charge is 2.11. The van der Waals surface area contributed by atoms with E-state index in [1.54, 1.807) is 0 Å². The minimum atomic E-state index is 0.111. The van der Waals surface area contributed by atoms with E-state index in [-0.39, 0.29) is 5.91 Å². The van der Waals surface area contributed by atoms with E-state index in [1.165, 1.54) is 24.6 Å². The first-order valence-corrected chi connectivity index (χ1v) is 8.47. The van der Waals surface area contributed by atoms with Crippen LogP contribution in [0, 0.1) is 12.8 Å². The number of rotatable bonds is 8. The molecule has 1 N–H and O–H groups in total. The molecular weight excluding hydrogens is 272 g/mol. The molecule has 1 heterocycles. The summed E-state index contributed by atoms with van der Waals surface area (Å²) in [4.78, 5) is 12.3. The van der Waals surface area contributed by atoms with Crippen LogP contribution in [-0.2, 0) is 11.3 Å². The number of nitrogens with zero attached hydrogens (tertiary/aromatic N) is 1. The number of benzene rings is 1. The smallest absolute Gasteiger partial charge is 0.239 e. The molecule has 0 radical (unpaired) electrons. The maximum Gasteiger partial charge on any atom is 0.239 e. The highest BCUT2D eigenvalue weighted by Crippen LogP contribution is 2.19. The molecule has 1 aromatic carbocycles. The summed E-state index contributed by atoms with van der Waals surface area (Å²) >= 11 is 0. The zero-order valence-electron chi connectivity index (χ0n) is 14.1. The molecule has 0 unspecified atom stereocenters. The highest BCUT2D eigenvalue weighted by atomic mass is 16.1. The zero-order valence-corrected chi connectivity index (χ0v) is 14.1. The standard InChI is InChI=1S/C19H28N2O/c1-4-6-9-16(5-2)13-20-19(22)14-21-15(3)12-17-10-7-8-11-18(17)21/h7-8,10-12,16H,4-6,9,13-14H2,1-3H3,(H,20,22)/t16-/m0/s1. The summed E-state index contributed by atoms with van der Waals surface area (Å²) in [5.74, 6) is 0.714. The third-order valence-electron chi connectivity index (χ3n) is 4.45. The Hall–Kier alpha value is -1.77. The summed E-state index contributed by atoms with van der Waals surface area (Å²) < 4.78 is 2.09. The predicted molar refractivity (Wildman–Crippen MR) is 93.0 cm³/mol. The third-order valence-corrected chi connectivity index (χ3v) is 4.45. The van der Waals surface area contributed by atoms with Gasteiger partial charge >= 0.3 is 0 Å². The maximum atomic E-state index is 12.3. The van der Waals surface area contributed by atoms with Crippen LogP contribution in [-0.4, -0.2) is 17.0 Å². The van der Waals surface area contributed by atoms with Gasteiger partial charge in [-0.1, -0.05) is 51.3 Å². The lowest BCUT2D eigenvalue weighted by Crippen LogP contribution is -2.32. The number of carbonyl (C=O) groups excluding carboxylic acids is 1. The van der Waals surface area contributed by atoms with Crippen LogP contribution in [0.1, 0.15) is 45.2 Å². The summed E-state index contributed by atoms with van der Waals surface area (Å²) in [6.45, 7) is 7.68. The Bertz CT molecular complexity index is 615. The molecule has 1 atom stereocenters. The van der Waals surface area contributed by atoms with E-state index in [2.05, 4.69) is 48.9 Å². The van der Waals surface area contributed by atoms with Gasteiger partial charge in [-0.3, -0.25) is 4.79 Å². The minimum absolute atomic E-state index is 0.111. The Balaban J connectivity index is 1.95. The highest BCUT2D eigenvalue weighted by molar-refractivity contribution is 5.84. The summed E-state index contributed by atoms with van der Waals surface area (Å²) in [5.41, 5.74) is 2.27. The summed E-state index contributed by atoms with van der Waals surface area (Å²) in [5, 5.41) is 4.31. The third kappa shape index (κ3) is 4.12. The van der Waals surface area contributed by atoms with Crippen LogP contribution in [0.4, 0.5) is 0 Å². The Morgan fingerprint density at radius 2 is 2.05 bits per heavy atom. The Morgan fingerprint density at radius 1 is 1.27 bits per heavy atom. The topological polar surface area (TPSA) is 34.0 Å². The zero-order chi connectivity index (χ0) is 15.9. The van der Waals surface area contributed by atoms with Gasteiger partial charge in [0.1, 0.15) is 6.54 Å². The Labute approximate surface area is 133 Å². The van der Waals surface area contributed by atoms with Gasteiger partial charge in [0.05, 0.1) is 0 Å². The van der Waals surface area contributed by atoms with Crippen molar-refractivity contribution in [3.63, 3.8) is 0 Å². The Morgan fingerprint density at radius 3 is 2.77 bits per heavy atom. The molecule has 0 bridgehead atoms. The van der Waals surface area contributed by atoms with E-state index in [0.29, 0.717) is 12.5 Å². The predicted octanol–water partition coefficient (Wildman–Crippen LogP) is 4.28. The fraction of sp³-hybridized carbons (Fsp3) is 0.526. The van der Waals surface area contributed by atoms with Crippen LogP contribution in [0.25, 0.3) is 10.9 Å². The van der Waals surface area contributed by atoms with Crippen LogP contribution in [0.2, 0.25) is 0 Å². The molecule has 0 aliphatic rings. The first-order valence-electron chi connectivity index (χ1n) is 8.47. The quantitative estimate of drug-likeness (QED) is 0.775. The minimum Gasteiger partial charge on any atom is -0.354 e. The lowest BCUT2D eigenvalue weighted by molar-refractivity contribution is -0.121. The van der Waals surface area contributed by atoms with Crippen molar-refractivity contribution in [2.24, 2.45) is 5.92 Å². The second kappa shape index (κ2) is 8.02. The molecule has 120 valence electrons. The average molecular weight is 300 g/mol. The molecule has 2 aromatic rings. The number of aromatic nitrogens is 1. The van der Waals surface area contributed by atoms with Crippen LogP contribution < -0.4 is 5.32 Å². The lowest BCUT2D eigenvalue weighted by Gasteiger charge is -2.16. The van der Waals surface area contributed by atoms with Crippen molar-refractivity contribution in [2.75, 3.05) is 6.54 Å². The molecule has 3 heteroatoms. The number of hydrogen-bond donors (Lipinski definition) is 1. The molecule has 3 nitrogen and oxygen atoms in total. The van der Waals surface area contributed by atoms with Crippen LogP contribution >= 0.6 is 0 Å². The second-order valence-electron chi connectivity index (χ2n) is 6.15. The fourth-order valence-electron chi connectivity index (χ4n) is 2.96. The largest absolute Gasteiger partial charge is 0.354 e. The van der Waals surface area contributed by atoms with Gasteiger partial charge in [-0.2, -0.15) is 0 Å². The van der Waals surface area contributed by atoms with E-state index in [0.717, 1.165) is 24.2 Å². The number of hydrogen-bond acceptors (Lipinski definition) is 1. The van der Waals surface area contributed by atoms with Gasteiger partial charge in [-0.25, -0.2) is 0 Å². The van der Waals surface area contributed by atoms with Gasteiger partial charge in [-0.15, -0.1) is 0 Å². The van der Waals surface area contributed by atoms with E-state index in [4.69, 9.17) is 0 Å². The van der Waals surface area contributed by atoms with E-state index in [1.807, 2.05) is 12.1 Å². The summed E-state index contributed by atoms with van der Waals surface area (Å²) in [6.07, 6.45) is 4.80. The van der Waals surface area contributed by atoms with E-state index < -0.39 is 0 Å². The van der Waals surface area contributed by atoms with Crippen molar-refractivity contribution >= 4 is 16.8 Å². The van der Waals surface area contributed by atoms with Gasteiger partial charge in [0.2, 0.25) is 5.91 Å². The molecule has 1 amide bonds. The van der Waals surface area contributed by atoms with Crippen LogP contribution in [0.5, 0.6) is 0 Å². The number of carbonyl (C=O) groups is 1. The number of fused-ring (bicyclic) bond motifs is 1. The SMILES string of the molecule is CCCC[C@H](CC)CNC(=O)Cn1c(C)cc2ccccc21. The Kier molecular flexibility index (Phi) is 6.05. The maximum absolute atomic E-state index is 12.3. The fourth-order valence-corrected chi connectivity index (χ4v) is 2.96. The van der Waals surface area contributed by atoms with Crippen molar-refractivity contribution in [3.05, 3.63) is 36.0 Å². The van der Waals surface area contributed by atoms with Crippen molar-refractivity contribution in [1.82, 2.24) is 9.88 Å². The van der Waals surface area contributed by atoms with Crippen molar-refractivity contribution in [2.45, 2.75) is 53.0 Å².